The van der Waals surface area contributed by atoms with Crippen LogP contribution >= 0.6 is 0 Å². The highest BCUT2D eigenvalue weighted by Gasteiger charge is 2.30. The first-order valence-electron chi connectivity index (χ1n) is 7.13. The molecule has 0 aliphatic carbocycles. The van der Waals surface area contributed by atoms with Gasteiger partial charge in [-0.2, -0.15) is 13.2 Å². The molecule has 0 aliphatic rings. The minimum atomic E-state index is -4.43. The van der Waals surface area contributed by atoms with Crippen molar-refractivity contribution in [2.75, 3.05) is 17.2 Å². The van der Waals surface area contributed by atoms with Crippen LogP contribution in [0.5, 0.6) is 0 Å². The first kappa shape index (κ1) is 17.7. The van der Waals surface area contributed by atoms with E-state index < -0.39 is 23.8 Å². The summed E-state index contributed by atoms with van der Waals surface area (Å²) in [6.07, 6.45) is -3.57. The van der Waals surface area contributed by atoms with Gasteiger partial charge in [-0.1, -0.05) is 0 Å². The maximum absolute atomic E-state index is 12.5. The van der Waals surface area contributed by atoms with Crippen LogP contribution in [-0.2, 0) is 6.18 Å². The second kappa shape index (κ2) is 7.31. The molecule has 0 saturated heterocycles. The number of amides is 1. The minimum absolute atomic E-state index is 0.206. The van der Waals surface area contributed by atoms with E-state index in [1.165, 1.54) is 24.4 Å². The van der Waals surface area contributed by atoms with E-state index in [0.717, 1.165) is 12.1 Å². The average Bonchev–Trinajstić information content (AvgIpc) is 2.52. The van der Waals surface area contributed by atoms with Crippen molar-refractivity contribution in [2.45, 2.75) is 19.2 Å². The average molecular weight is 339 g/mol. The number of aromatic nitrogens is 1. The molecule has 1 amide bonds. The van der Waals surface area contributed by atoms with Gasteiger partial charge in [0.1, 0.15) is 5.82 Å². The lowest BCUT2D eigenvalue weighted by atomic mass is 10.2. The largest absolute Gasteiger partial charge is 0.416 e. The SMILES string of the molecule is CC(O)CNc1ncccc1C(=O)Nc1ccc(C(F)(F)F)cc1. The highest BCUT2D eigenvalue weighted by molar-refractivity contribution is 6.07. The number of carbonyl (C=O) groups is 1. The van der Waals surface area contributed by atoms with Gasteiger partial charge in [0.25, 0.3) is 5.91 Å². The van der Waals surface area contributed by atoms with E-state index >= 15 is 0 Å². The number of rotatable bonds is 5. The maximum Gasteiger partial charge on any atom is 0.416 e. The van der Waals surface area contributed by atoms with Gasteiger partial charge in [0, 0.05) is 18.4 Å². The number of benzene rings is 1. The molecular formula is C16H16F3N3O2. The predicted octanol–water partition coefficient (Wildman–Crippen LogP) is 3.15. The Labute approximate surface area is 136 Å². The Bertz CT molecular complexity index is 700. The van der Waals surface area contributed by atoms with Gasteiger partial charge in [0.05, 0.1) is 17.2 Å². The normalized spacial score (nSPS) is 12.5. The molecule has 1 aromatic heterocycles. The summed E-state index contributed by atoms with van der Waals surface area (Å²) in [5.74, 6) is -0.237. The van der Waals surface area contributed by atoms with Crippen molar-refractivity contribution >= 4 is 17.4 Å². The smallest absolute Gasteiger partial charge is 0.392 e. The van der Waals surface area contributed by atoms with Crippen molar-refractivity contribution < 1.29 is 23.1 Å². The standard InChI is InChI=1S/C16H16F3N3O2/c1-10(23)9-21-14-13(3-2-8-20-14)15(24)22-12-6-4-11(5-7-12)16(17,18)19/h2-8,10,23H,9H2,1H3,(H,20,21)(H,22,24). The predicted molar refractivity (Wildman–Crippen MR) is 83.8 cm³/mol. The summed E-state index contributed by atoms with van der Waals surface area (Å²) in [5.41, 5.74) is -0.336. The molecule has 1 aromatic carbocycles. The molecule has 1 atom stereocenters. The molecule has 0 spiro atoms. The molecule has 2 rings (SSSR count). The molecule has 24 heavy (non-hydrogen) atoms. The lowest BCUT2D eigenvalue weighted by molar-refractivity contribution is -0.137. The van der Waals surface area contributed by atoms with Crippen LogP contribution in [0.1, 0.15) is 22.8 Å². The third-order valence-corrected chi connectivity index (χ3v) is 3.09. The highest BCUT2D eigenvalue weighted by Crippen LogP contribution is 2.30. The summed E-state index contributed by atoms with van der Waals surface area (Å²) in [7, 11) is 0. The van der Waals surface area contributed by atoms with Crippen LogP contribution in [0, 0.1) is 0 Å². The van der Waals surface area contributed by atoms with E-state index in [1.54, 1.807) is 13.0 Å². The van der Waals surface area contributed by atoms with Gasteiger partial charge in [-0.3, -0.25) is 4.79 Å². The van der Waals surface area contributed by atoms with Gasteiger partial charge in [-0.25, -0.2) is 4.98 Å². The van der Waals surface area contributed by atoms with Crippen LogP contribution in [0.25, 0.3) is 0 Å². The quantitative estimate of drug-likeness (QED) is 0.782. The van der Waals surface area contributed by atoms with E-state index in [-0.39, 0.29) is 23.6 Å². The topological polar surface area (TPSA) is 74.2 Å². The number of hydrogen-bond acceptors (Lipinski definition) is 4. The Morgan fingerprint density at radius 2 is 1.92 bits per heavy atom. The van der Waals surface area contributed by atoms with Crippen molar-refractivity contribution in [1.82, 2.24) is 4.98 Å². The molecule has 1 unspecified atom stereocenters. The van der Waals surface area contributed by atoms with Crippen molar-refractivity contribution in [2.24, 2.45) is 0 Å². The van der Waals surface area contributed by atoms with Crippen molar-refractivity contribution in [1.29, 1.82) is 0 Å². The number of pyridine rings is 1. The van der Waals surface area contributed by atoms with Gasteiger partial charge in [0.2, 0.25) is 0 Å². The molecule has 0 fully saturated rings. The van der Waals surface area contributed by atoms with Crippen LogP contribution in [0.4, 0.5) is 24.7 Å². The summed E-state index contributed by atoms with van der Waals surface area (Å²) >= 11 is 0. The number of carbonyl (C=O) groups excluding carboxylic acids is 1. The number of alkyl halides is 3. The Morgan fingerprint density at radius 3 is 2.50 bits per heavy atom. The van der Waals surface area contributed by atoms with Crippen molar-refractivity contribution in [3.05, 3.63) is 53.7 Å². The van der Waals surface area contributed by atoms with Gasteiger partial charge >= 0.3 is 6.18 Å². The first-order chi connectivity index (χ1) is 11.3. The fourth-order valence-electron chi connectivity index (χ4n) is 1.91. The number of halogens is 3. The van der Waals surface area contributed by atoms with Gasteiger partial charge < -0.3 is 15.7 Å². The van der Waals surface area contributed by atoms with Crippen LogP contribution in [0.3, 0.4) is 0 Å². The highest BCUT2D eigenvalue weighted by atomic mass is 19.4. The molecular weight excluding hydrogens is 323 g/mol. The lowest BCUT2D eigenvalue weighted by Crippen LogP contribution is -2.20. The molecule has 128 valence electrons. The lowest BCUT2D eigenvalue weighted by Gasteiger charge is -2.12. The van der Waals surface area contributed by atoms with E-state index in [0.29, 0.717) is 0 Å². The Hall–Kier alpha value is -2.61. The summed E-state index contributed by atoms with van der Waals surface area (Å²) < 4.78 is 37.6. The number of nitrogens with one attached hydrogen (secondary N) is 2. The Kier molecular flexibility index (Phi) is 5.40. The summed E-state index contributed by atoms with van der Waals surface area (Å²) in [4.78, 5) is 16.3. The van der Waals surface area contributed by atoms with Gasteiger partial charge in [-0.05, 0) is 43.3 Å². The van der Waals surface area contributed by atoms with E-state index in [4.69, 9.17) is 0 Å². The Morgan fingerprint density at radius 1 is 1.25 bits per heavy atom. The summed E-state index contributed by atoms with van der Waals surface area (Å²) in [6.45, 7) is 1.79. The second-order valence-corrected chi connectivity index (χ2v) is 5.16. The first-order valence-corrected chi connectivity index (χ1v) is 7.13. The van der Waals surface area contributed by atoms with Crippen LogP contribution in [-0.4, -0.2) is 28.6 Å². The number of nitrogens with zero attached hydrogens (tertiary/aromatic N) is 1. The number of anilines is 2. The molecule has 0 bridgehead atoms. The minimum Gasteiger partial charge on any atom is -0.392 e. The molecule has 1 heterocycles. The fraction of sp³-hybridized carbons (Fsp3) is 0.250. The summed E-state index contributed by atoms with van der Waals surface area (Å²) in [6, 6.07) is 7.24. The van der Waals surface area contributed by atoms with Gasteiger partial charge in [0.15, 0.2) is 0 Å². The number of hydrogen-bond donors (Lipinski definition) is 3. The number of aliphatic hydroxyl groups excluding tert-OH is 1. The van der Waals surface area contributed by atoms with E-state index in [1.807, 2.05) is 0 Å². The molecule has 8 heteroatoms. The van der Waals surface area contributed by atoms with E-state index in [2.05, 4.69) is 15.6 Å². The molecule has 0 aliphatic heterocycles. The third-order valence-electron chi connectivity index (χ3n) is 3.09. The van der Waals surface area contributed by atoms with Crippen molar-refractivity contribution in [3.8, 4) is 0 Å². The summed E-state index contributed by atoms with van der Waals surface area (Å²) in [5, 5.41) is 14.6. The molecule has 3 N–H and O–H groups in total. The van der Waals surface area contributed by atoms with Crippen molar-refractivity contribution in [3.63, 3.8) is 0 Å². The van der Waals surface area contributed by atoms with Crippen LogP contribution in [0.15, 0.2) is 42.6 Å². The molecule has 0 radical (unpaired) electrons. The molecule has 5 nitrogen and oxygen atoms in total. The maximum atomic E-state index is 12.5. The fourth-order valence-corrected chi connectivity index (χ4v) is 1.91. The second-order valence-electron chi connectivity index (χ2n) is 5.16. The Balaban J connectivity index is 2.12. The zero-order chi connectivity index (χ0) is 17.7. The zero-order valence-electron chi connectivity index (χ0n) is 12.8. The molecule has 0 saturated carbocycles. The van der Waals surface area contributed by atoms with Gasteiger partial charge in [-0.15, -0.1) is 0 Å². The van der Waals surface area contributed by atoms with Crippen LogP contribution in [0.2, 0.25) is 0 Å². The monoisotopic (exact) mass is 339 g/mol. The third kappa shape index (κ3) is 4.69. The molecule has 2 aromatic rings. The number of aliphatic hydroxyl groups is 1. The zero-order valence-corrected chi connectivity index (χ0v) is 12.8. The van der Waals surface area contributed by atoms with Crippen LogP contribution < -0.4 is 10.6 Å². The van der Waals surface area contributed by atoms with E-state index in [9.17, 15) is 23.1 Å².